The molecule has 0 aliphatic heterocycles. The quantitative estimate of drug-likeness (QED) is 0.542. The maximum absolute atomic E-state index is 3.32. The Morgan fingerprint density at radius 3 is 2.50 bits per heavy atom. The average molecular weight is 223 g/mol. The van der Waals surface area contributed by atoms with Crippen molar-refractivity contribution < 1.29 is 0 Å². The van der Waals surface area contributed by atoms with Crippen molar-refractivity contribution in [3.05, 3.63) is 54.1 Å². The second kappa shape index (κ2) is 5.78. The van der Waals surface area contributed by atoms with Gasteiger partial charge in [-0.1, -0.05) is 70.6 Å². The Labute approximate surface area is 81.7 Å². The first-order chi connectivity index (χ1) is 5.93. The fraction of sp³-hybridized carbons (Fsp3) is 0.0909. The average Bonchev–Trinajstić information content (AvgIpc) is 2.14. The fourth-order valence-corrected chi connectivity index (χ4v) is 1.08. The molecule has 0 radical (unpaired) electrons. The molecule has 0 atom stereocenters. The predicted octanol–water partition coefficient (Wildman–Crippen LogP) is 3.65. The van der Waals surface area contributed by atoms with Gasteiger partial charge in [0.25, 0.3) is 0 Å². The molecular formula is C11H11Br. The number of halogens is 1. The van der Waals surface area contributed by atoms with Gasteiger partial charge in [0.05, 0.1) is 0 Å². The minimum absolute atomic E-state index is 0.909. The van der Waals surface area contributed by atoms with E-state index in [1.54, 1.807) is 0 Å². The van der Waals surface area contributed by atoms with Crippen molar-refractivity contribution >= 4 is 22.0 Å². The topological polar surface area (TPSA) is 0 Å². The molecule has 0 nitrogen and oxygen atoms in total. The summed E-state index contributed by atoms with van der Waals surface area (Å²) in [7, 11) is 0. The van der Waals surface area contributed by atoms with E-state index in [-0.39, 0.29) is 0 Å². The molecule has 1 rings (SSSR count). The molecule has 1 aromatic carbocycles. The number of hydrogen-bond donors (Lipinski definition) is 0. The van der Waals surface area contributed by atoms with Gasteiger partial charge in [-0.05, 0) is 5.56 Å². The van der Waals surface area contributed by atoms with E-state index >= 15 is 0 Å². The number of allylic oxidation sites excluding steroid dienone is 3. The first-order valence-corrected chi connectivity index (χ1v) is 5.00. The van der Waals surface area contributed by atoms with Crippen LogP contribution in [0.15, 0.2) is 48.6 Å². The third kappa shape index (κ3) is 3.54. The van der Waals surface area contributed by atoms with Gasteiger partial charge in [0.2, 0.25) is 0 Å². The zero-order chi connectivity index (χ0) is 8.65. The zero-order valence-electron chi connectivity index (χ0n) is 6.78. The molecule has 0 saturated carbocycles. The molecular weight excluding hydrogens is 212 g/mol. The lowest BCUT2D eigenvalue weighted by Gasteiger charge is -1.87. The van der Waals surface area contributed by atoms with Gasteiger partial charge in [-0.15, -0.1) is 0 Å². The highest BCUT2D eigenvalue weighted by Crippen LogP contribution is 2.00. The van der Waals surface area contributed by atoms with Crippen molar-refractivity contribution in [3.8, 4) is 0 Å². The largest absolute Gasteiger partial charge is 0.0883 e. The van der Waals surface area contributed by atoms with E-state index in [0.29, 0.717) is 0 Å². The fourth-order valence-electron chi connectivity index (χ4n) is 0.861. The summed E-state index contributed by atoms with van der Waals surface area (Å²) in [5.41, 5.74) is 1.23. The van der Waals surface area contributed by atoms with E-state index < -0.39 is 0 Å². The van der Waals surface area contributed by atoms with Gasteiger partial charge in [-0.25, -0.2) is 0 Å². The maximum atomic E-state index is 3.32. The molecule has 0 saturated heterocycles. The molecule has 1 aromatic rings. The predicted molar refractivity (Wildman–Crippen MR) is 58.4 cm³/mol. The van der Waals surface area contributed by atoms with Crippen LogP contribution in [0.5, 0.6) is 0 Å². The van der Waals surface area contributed by atoms with Crippen LogP contribution in [-0.2, 0) is 0 Å². The summed E-state index contributed by atoms with van der Waals surface area (Å²) in [6.07, 6.45) is 8.21. The zero-order valence-corrected chi connectivity index (χ0v) is 8.37. The van der Waals surface area contributed by atoms with Crippen molar-refractivity contribution in [2.45, 2.75) is 0 Å². The van der Waals surface area contributed by atoms with E-state index in [4.69, 9.17) is 0 Å². The van der Waals surface area contributed by atoms with E-state index in [0.717, 1.165) is 5.33 Å². The molecule has 0 aliphatic carbocycles. The molecule has 0 N–H and O–H groups in total. The highest BCUT2D eigenvalue weighted by molar-refractivity contribution is 9.09. The Bertz CT molecular complexity index is 260. The first kappa shape index (κ1) is 9.27. The van der Waals surface area contributed by atoms with Crippen molar-refractivity contribution in [3.63, 3.8) is 0 Å². The maximum Gasteiger partial charge on any atom is 0.0215 e. The smallest absolute Gasteiger partial charge is 0.0215 e. The summed E-state index contributed by atoms with van der Waals surface area (Å²) in [6.45, 7) is 0. The molecule has 0 bridgehead atoms. The third-order valence-corrected chi connectivity index (χ3v) is 1.80. The lowest BCUT2D eigenvalue weighted by molar-refractivity contribution is 1.66. The summed E-state index contributed by atoms with van der Waals surface area (Å²) < 4.78 is 0. The molecule has 0 spiro atoms. The lowest BCUT2D eigenvalue weighted by atomic mass is 10.2. The standard InChI is InChI=1S/C11H11Br/c12-10-6-2-5-9-11-7-3-1-4-8-11/h1-9H,10H2/b6-2+,9-5+. The second-order valence-electron chi connectivity index (χ2n) is 2.35. The molecule has 12 heavy (non-hydrogen) atoms. The molecule has 0 amide bonds. The van der Waals surface area contributed by atoms with Crippen LogP contribution in [0.25, 0.3) is 6.08 Å². The molecule has 0 fully saturated rings. The summed E-state index contributed by atoms with van der Waals surface area (Å²) in [5, 5.41) is 0.909. The van der Waals surface area contributed by atoms with Crippen molar-refractivity contribution in [2.24, 2.45) is 0 Å². The summed E-state index contributed by atoms with van der Waals surface area (Å²) >= 11 is 3.32. The van der Waals surface area contributed by atoms with Crippen LogP contribution in [0, 0.1) is 0 Å². The van der Waals surface area contributed by atoms with Crippen LogP contribution in [-0.4, -0.2) is 5.33 Å². The molecule has 1 heteroatoms. The van der Waals surface area contributed by atoms with Crippen LogP contribution in [0.3, 0.4) is 0 Å². The normalized spacial score (nSPS) is 11.4. The molecule has 0 aliphatic rings. The Hall–Kier alpha value is -0.820. The van der Waals surface area contributed by atoms with Gasteiger partial charge in [0, 0.05) is 5.33 Å². The van der Waals surface area contributed by atoms with Crippen LogP contribution >= 0.6 is 15.9 Å². The van der Waals surface area contributed by atoms with Gasteiger partial charge in [0.15, 0.2) is 0 Å². The van der Waals surface area contributed by atoms with Crippen LogP contribution < -0.4 is 0 Å². The van der Waals surface area contributed by atoms with Gasteiger partial charge < -0.3 is 0 Å². The van der Waals surface area contributed by atoms with Crippen molar-refractivity contribution in [1.82, 2.24) is 0 Å². The van der Waals surface area contributed by atoms with Gasteiger partial charge in [-0.2, -0.15) is 0 Å². The van der Waals surface area contributed by atoms with Crippen LogP contribution in [0.2, 0.25) is 0 Å². The van der Waals surface area contributed by atoms with Gasteiger partial charge in [-0.3, -0.25) is 0 Å². The van der Waals surface area contributed by atoms with E-state index in [9.17, 15) is 0 Å². The molecule has 0 heterocycles. The van der Waals surface area contributed by atoms with Crippen molar-refractivity contribution in [2.75, 3.05) is 5.33 Å². The van der Waals surface area contributed by atoms with Crippen molar-refractivity contribution in [1.29, 1.82) is 0 Å². The summed E-state index contributed by atoms with van der Waals surface area (Å²) in [4.78, 5) is 0. The molecule has 0 unspecified atom stereocenters. The number of benzene rings is 1. The monoisotopic (exact) mass is 222 g/mol. The highest BCUT2D eigenvalue weighted by atomic mass is 79.9. The Morgan fingerprint density at radius 1 is 1.08 bits per heavy atom. The Morgan fingerprint density at radius 2 is 1.83 bits per heavy atom. The lowest BCUT2D eigenvalue weighted by Crippen LogP contribution is -1.66. The SMILES string of the molecule is BrC/C=C/C=C/c1ccccc1. The molecule has 62 valence electrons. The first-order valence-electron chi connectivity index (χ1n) is 3.87. The van der Waals surface area contributed by atoms with Crippen LogP contribution in [0.4, 0.5) is 0 Å². The van der Waals surface area contributed by atoms with Crippen LogP contribution in [0.1, 0.15) is 5.56 Å². The Balaban J connectivity index is 2.52. The molecule has 0 aromatic heterocycles. The number of hydrogen-bond acceptors (Lipinski definition) is 0. The minimum atomic E-state index is 0.909. The van der Waals surface area contributed by atoms with E-state index in [1.807, 2.05) is 30.4 Å². The summed E-state index contributed by atoms with van der Waals surface area (Å²) in [6, 6.07) is 10.3. The second-order valence-corrected chi connectivity index (χ2v) is 3.00. The highest BCUT2D eigenvalue weighted by Gasteiger charge is 1.78. The minimum Gasteiger partial charge on any atom is -0.0883 e. The number of alkyl halides is 1. The Kier molecular flexibility index (Phi) is 4.47. The third-order valence-electron chi connectivity index (χ3n) is 1.42. The summed E-state index contributed by atoms with van der Waals surface area (Å²) in [5.74, 6) is 0. The van der Waals surface area contributed by atoms with E-state index in [1.165, 1.54) is 5.56 Å². The van der Waals surface area contributed by atoms with Gasteiger partial charge >= 0.3 is 0 Å². The number of rotatable bonds is 3. The van der Waals surface area contributed by atoms with Gasteiger partial charge in [0.1, 0.15) is 0 Å². The van der Waals surface area contributed by atoms with E-state index in [2.05, 4.69) is 40.2 Å².